The molecule has 1 saturated heterocycles. The van der Waals surface area contributed by atoms with Gasteiger partial charge in [0.25, 0.3) is 5.91 Å². The largest absolute Gasteiger partial charge is 0.326 e. The number of imide groups is 1. The predicted molar refractivity (Wildman–Crippen MR) is 98.9 cm³/mol. The minimum absolute atomic E-state index is 0.151. The van der Waals surface area contributed by atoms with Crippen molar-refractivity contribution in [3.63, 3.8) is 0 Å². The summed E-state index contributed by atoms with van der Waals surface area (Å²) in [5.41, 5.74) is -0.229. The van der Waals surface area contributed by atoms with Crippen LogP contribution in [-0.4, -0.2) is 49.5 Å². The summed E-state index contributed by atoms with van der Waals surface area (Å²) < 4.78 is 22.9. The Morgan fingerprint density at radius 3 is 2.41 bits per heavy atom. The third kappa shape index (κ3) is 4.13. The molecule has 8 nitrogen and oxygen atoms in total. The molecule has 1 aliphatic heterocycles. The van der Waals surface area contributed by atoms with Crippen LogP contribution in [0.1, 0.15) is 38.5 Å². The lowest BCUT2D eigenvalue weighted by molar-refractivity contribution is -0.131. The highest BCUT2D eigenvalue weighted by Gasteiger charge is 2.51. The zero-order valence-corrected chi connectivity index (χ0v) is 16.0. The third-order valence-corrected chi connectivity index (χ3v) is 6.18. The highest BCUT2D eigenvalue weighted by Crippen LogP contribution is 2.35. The zero-order valence-electron chi connectivity index (χ0n) is 15.2. The summed E-state index contributed by atoms with van der Waals surface area (Å²) in [6.07, 6.45) is 4.85. The molecule has 146 valence electrons. The van der Waals surface area contributed by atoms with Gasteiger partial charge in [-0.2, -0.15) is 0 Å². The van der Waals surface area contributed by atoms with Gasteiger partial charge in [-0.15, -0.1) is 0 Å². The number of carbonyl (C=O) groups is 3. The first kappa shape index (κ1) is 19.3. The molecular formula is C18H23N3O5S. The van der Waals surface area contributed by atoms with Crippen molar-refractivity contribution in [2.24, 2.45) is 0 Å². The lowest BCUT2D eigenvalue weighted by Gasteiger charge is -2.19. The first-order valence-electron chi connectivity index (χ1n) is 8.95. The molecule has 1 saturated carbocycles. The molecule has 3 rings (SSSR count). The molecule has 0 aromatic heterocycles. The van der Waals surface area contributed by atoms with Gasteiger partial charge in [0, 0.05) is 24.9 Å². The van der Waals surface area contributed by atoms with Crippen molar-refractivity contribution in [3.05, 3.63) is 24.3 Å². The van der Waals surface area contributed by atoms with Crippen LogP contribution in [0.15, 0.2) is 29.2 Å². The molecule has 2 N–H and O–H groups in total. The van der Waals surface area contributed by atoms with Crippen LogP contribution in [0.3, 0.4) is 0 Å². The van der Waals surface area contributed by atoms with Gasteiger partial charge in [-0.25, -0.2) is 13.2 Å². The van der Waals surface area contributed by atoms with Crippen molar-refractivity contribution >= 4 is 33.4 Å². The van der Waals surface area contributed by atoms with E-state index in [4.69, 9.17) is 0 Å². The van der Waals surface area contributed by atoms with E-state index in [2.05, 4.69) is 10.6 Å². The van der Waals surface area contributed by atoms with Crippen LogP contribution in [0.2, 0.25) is 0 Å². The summed E-state index contributed by atoms with van der Waals surface area (Å²) in [4.78, 5) is 38.0. The molecule has 1 heterocycles. The maximum atomic E-state index is 12.5. The smallest absolute Gasteiger partial charge is 0.325 e. The second-order valence-corrected chi connectivity index (χ2v) is 9.14. The van der Waals surface area contributed by atoms with E-state index in [9.17, 15) is 22.8 Å². The van der Waals surface area contributed by atoms with Gasteiger partial charge in [0.1, 0.15) is 5.54 Å². The lowest BCUT2D eigenvalue weighted by Crippen LogP contribution is -2.44. The van der Waals surface area contributed by atoms with Gasteiger partial charge in [0.15, 0.2) is 9.84 Å². The number of benzene rings is 1. The highest BCUT2D eigenvalue weighted by molar-refractivity contribution is 7.90. The Morgan fingerprint density at radius 1 is 1.19 bits per heavy atom. The minimum atomic E-state index is -3.28. The average Bonchev–Trinajstić information content (AvgIpc) is 3.15. The van der Waals surface area contributed by atoms with Crippen LogP contribution >= 0.6 is 0 Å². The predicted octanol–water partition coefficient (Wildman–Crippen LogP) is 1.67. The van der Waals surface area contributed by atoms with Crippen molar-refractivity contribution in [3.8, 4) is 0 Å². The number of anilines is 1. The van der Waals surface area contributed by atoms with E-state index >= 15 is 0 Å². The van der Waals surface area contributed by atoms with Crippen molar-refractivity contribution in [2.75, 3.05) is 18.1 Å². The lowest BCUT2D eigenvalue weighted by atomic mass is 9.98. The van der Waals surface area contributed by atoms with Crippen molar-refractivity contribution in [1.29, 1.82) is 0 Å². The van der Waals surface area contributed by atoms with E-state index in [1.165, 1.54) is 29.2 Å². The SMILES string of the molecule is CS(=O)(=O)c1ccc(NC(=O)CCCN2C(=O)NC3(CCCC3)C2=O)cc1. The van der Waals surface area contributed by atoms with E-state index in [-0.39, 0.29) is 35.7 Å². The molecule has 2 fully saturated rings. The van der Waals surface area contributed by atoms with Gasteiger partial charge >= 0.3 is 6.03 Å². The maximum absolute atomic E-state index is 12.5. The van der Waals surface area contributed by atoms with Crippen LogP contribution in [-0.2, 0) is 19.4 Å². The molecule has 1 spiro atoms. The van der Waals surface area contributed by atoms with E-state index in [1.807, 2.05) is 0 Å². The van der Waals surface area contributed by atoms with Gasteiger partial charge in [-0.1, -0.05) is 12.8 Å². The standard InChI is InChI=1S/C18H23N3O5S/c1-27(25,26)14-8-6-13(7-9-14)19-15(22)5-4-12-21-16(23)18(20-17(21)24)10-2-3-11-18/h6-9H,2-5,10-12H2,1H3,(H,19,22)(H,20,24). The van der Waals surface area contributed by atoms with Gasteiger partial charge in [-0.05, 0) is 43.5 Å². The molecule has 0 radical (unpaired) electrons. The van der Waals surface area contributed by atoms with E-state index in [0.29, 0.717) is 24.9 Å². The number of amides is 4. The normalized spacial score (nSPS) is 18.8. The first-order chi connectivity index (χ1) is 12.7. The molecule has 4 amide bonds. The van der Waals surface area contributed by atoms with Crippen molar-refractivity contribution in [2.45, 2.75) is 49.0 Å². The Balaban J connectivity index is 1.48. The Bertz CT molecular complexity index is 857. The molecule has 1 aromatic rings. The molecule has 9 heteroatoms. The van der Waals surface area contributed by atoms with Crippen LogP contribution in [0, 0.1) is 0 Å². The molecule has 27 heavy (non-hydrogen) atoms. The Morgan fingerprint density at radius 2 is 1.81 bits per heavy atom. The molecule has 0 unspecified atom stereocenters. The van der Waals surface area contributed by atoms with Crippen LogP contribution in [0.4, 0.5) is 10.5 Å². The van der Waals surface area contributed by atoms with Crippen LogP contribution in [0.5, 0.6) is 0 Å². The zero-order chi connectivity index (χ0) is 19.7. The topological polar surface area (TPSA) is 113 Å². The Kier molecular flexibility index (Phi) is 5.23. The fraction of sp³-hybridized carbons (Fsp3) is 0.500. The number of hydrogen-bond acceptors (Lipinski definition) is 5. The number of hydrogen-bond donors (Lipinski definition) is 2. The van der Waals surface area contributed by atoms with Crippen molar-refractivity contribution < 1.29 is 22.8 Å². The van der Waals surface area contributed by atoms with Gasteiger partial charge in [-0.3, -0.25) is 14.5 Å². The molecular weight excluding hydrogens is 370 g/mol. The fourth-order valence-corrected chi connectivity index (χ4v) is 4.23. The molecule has 1 aromatic carbocycles. The number of nitrogens with zero attached hydrogens (tertiary/aromatic N) is 1. The number of nitrogens with one attached hydrogen (secondary N) is 2. The number of sulfone groups is 1. The number of rotatable bonds is 6. The first-order valence-corrected chi connectivity index (χ1v) is 10.8. The van der Waals surface area contributed by atoms with Gasteiger partial charge in [0.2, 0.25) is 5.91 Å². The average molecular weight is 393 g/mol. The number of urea groups is 1. The van der Waals surface area contributed by atoms with E-state index in [1.54, 1.807) is 0 Å². The summed E-state index contributed by atoms with van der Waals surface area (Å²) in [6, 6.07) is 5.53. The minimum Gasteiger partial charge on any atom is -0.326 e. The molecule has 1 aliphatic carbocycles. The van der Waals surface area contributed by atoms with E-state index < -0.39 is 15.4 Å². The molecule has 0 bridgehead atoms. The summed E-state index contributed by atoms with van der Waals surface area (Å²) in [6.45, 7) is 0.201. The van der Waals surface area contributed by atoms with Crippen molar-refractivity contribution in [1.82, 2.24) is 10.2 Å². The van der Waals surface area contributed by atoms with E-state index in [0.717, 1.165) is 19.1 Å². The summed E-state index contributed by atoms with van der Waals surface area (Å²) in [5, 5.41) is 5.49. The quantitative estimate of drug-likeness (QED) is 0.714. The maximum Gasteiger partial charge on any atom is 0.325 e. The number of carbonyl (C=O) groups excluding carboxylic acids is 3. The van der Waals surface area contributed by atoms with Crippen LogP contribution < -0.4 is 10.6 Å². The Labute approximate surface area is 158 Å². The summed E-state index contributed by atoms with van der Waals surface area (Å²) in [7, 11) is -3.28. The highest BCUT2D eigenvalue weighted by atomic mass is 32.2. The summed E-state index contributed by atoms with van der Waals surface area (Å²) >= 11 is 0. The molecule has 0 atom stereocenters. The molecule has 2 aliphatic rings. The van der Waals surface area contributed by atoms with Crippen LogP contribution in [0.25, 0.3) is 0 Å². The second kappa shape index (κ2) is 7.30. The fourth-order valence-electron chi connectivity index (χ4n) is 3.60. The summed E-state index contributed by atoms with van der Waals surface area (Å²) in [5.74, 6) is -0.438. The van der Waals surface area contributed by atoms with Gasteiger partial charge in [0.05, 0.1) is 4.90 Å². The second-order valence-electron chi connectivity index (χ2n) is 7.12. The Hall–Kier alpha value is -2.42. The third-order valence-electron chi connectivity index (χ3n) is 5.05. The van der Waals surface area contributed by atoms with Gasteiger partial charge < -0.3 is 10.6 Å². The monoisotopic (exact) mass is 393 g/mol.